The zero-order valence-corrected chi connectivity index (χ0v) is 12.8. The lowest BCUT2D eigenvalue weighted by molar-refractivity contribution is 0.333. The monoisotopic (exact) mass is 292 g/mol. The van der Waals surface area contributed by atoms with Crippen LogP contribution < -0.4 is 0 Å². The molecule has 2 heteroatoms. The number of hydrogen-bond donors (Lipinski definition) is 0. The van der Waals surface area contributed by atoms with Crippen molar-refractivity contribution >= 4 is 27.7 Å². The summed E-state index contributed by atoms with van der Waals surface area (Å²) in [5.41, 5.74) is 0.592. The summed E-state index contributed by atoms with van der Waals surface area (Å²) in [6.07, 6.45) is 8.65. The third-order valence-electron chi connectivity index (χ3n) is 3.26. The molecule has 0 aromatic carbocycles. The van der Waals surface area contributed by atoms with Gasteiger partial charge in [-0.3, -0.25) is 0 Å². The normalized spacial score (nSPS) is 22.4. The molecule has 0 radical (unpaired) electrons. The van der Waals surface area contributed by atoms with E-state index in [4.69, 9.17) is 0 Å². The standard InChI is InChI=1S/C13H25BrS/c1-12(2,3)15-11-13(10-14)8-6-4-5-7-9-13/h4-11H2,1-3H3. The maximum atomic E-state index is 3.76. The van der Waals surface area contributed by atoms with Crippen molar-refractivity contribution in [2.75, 3.05) is 11.1 Å². The van der Waals surface area contributed by atoms with E-state index in [2.05, 4.69) is 48.5 Å². The third kappa shape index (κ3) is 5.12. The van der Waals surface area contributed by atoms with Gasteiger partial charge < -0.3 is 0 Å². The molecule has 0 N–H and O–H groups in total. The van der Waals surface area contributed by atoms with Crippen molar-refractivity contribution in [1.29, 1.82) is 0 Å². The first kappa shape index (κ1) is 13.9. The van der Waals surface area contributed by atoms with Crippen molar-refractivity contribution in [3.8, 4) is 0 Å². The molecule has 0 spiro atoms. The van der Waals surface area contributed by atoms with Crippen molar-refractivity contribution < 1.29 is 0 Å². The SMILES string of the molecule is CC(C)(C)SCC1(CBr)CCCCCC1. The summed E-state index contributed by atoms with van der Waals surface area (Å²) in [6.45, 7) is 6.99. The Morgan fingerprint density at radius 3 is 2.00 bits per heavy atom. The molecule has 0 aromatic heterocycles. The molecule has 0 amide bonds. The first-order chi connectivity index (χ1) is 6.97. The van der Waals surface area contributed by atoms with Gasteiger partial charge in [0.1, 0.15) is 0 Å². The van der Waals surface area contributed by atoms with Gasteiger partial charge in [-0.1, -0.05) is 62.4 Å². The highest BCUT2D eigenvalue weighted by Gasteiger charge is 2.31. The molecule has 0 saturated heterocycles. The van der Waals surface area contributed by atoms with E-state index in [9.17, 15) is 0 Å². The summed E-state index contributed by atoms with van der Waals surface area (Å²) in [5, 5.41) is 1.20. The minimum atomic E-state index is 0.418. The van der Waals surface area contributed by atoms with E-state index in [1.165, 1.54) is 49.6 Å². The predicted molar refractivity (Wildman–Crippen MR) is 76.1 cm³/mol. The van der Waals surface area contributed by atoms with Crippen LogP contribution in [0.5, 0.6) is 0 Å². The Kier molecular flexibility index (Phi) is 5.51. The summed E-state index contributed by atoms with van der Waals surface area (Å²) in [5.74, 6) is 1.34. The van der Waals surface area contributed by atoms with Crippen molar-refractivity contribution in [2.24, 2.45) is 5.41 Å². The van der Waals surface area contributed by atoms with Gasteiger partial charge in [-0.2, -0.15) is 11.8 Å². The summed E-state index contributed by atoms with van der Waals surface area (Å²) in [4.78, 5) is 0. The van der Waals surface area contributed by atoms with E-state index in [-0.39, 0.29) is 0 Å². The third-order valence-corrected chi connectivity index (χ3v) is 6.07. The highest BCUT2D eigenvalue weighted by Crippen LogP contribution is 2.41. The van der Waals surface area contributed by atoms with Crippen LogP contribution in [0.4, 0.5) is 0 Å². The van der Waals surface area contributed by atoms with Gasteiger partial charge >= 0.3 is 0 Å². The van der Waals surface area contributed by atoms with Gasteiger partial charge in [-0.25, -0.2) is 0 Å². The van der Waals surface area contributed by atoms with Crippen LogP contribution in [0.15, 0.2) is 0 Å². The maximum Gasteiger partial charge on any atom is 0.00958 e. The number of thioether (sulfide) groups is 1. The molecule has 0 unspecified atom stereocenters. The van der Waals surface area contributed by atoms with E-state index in [0.29, 0.717) is 10.2 Å². The molecule has 1 aliphatic carbocycles. The molecule has 0 aliphatic heterocycles. The molecule has 0 aromatic rings. The van der Waals surface area contributed by atoms with Gasteiger partial charge in [0.25, 0.3) is 0 Å². The molecule has 1 aliphatic rings. The van der Waals surface area contributed by atoms with E-state index in [1.807, 2.05) is 0 Å². The first-order valence-corrected chi connectivity index (χ1v) is 8.28. The Labute approximate surface area is 108 Å². The lowest BCUT2D eigenvalue weighted by Crippen LogP contribution is -2.27. The average Bonchev–Trinajstić information content (AvgIpc) is 2.40. The van der Waals surface area contributed by atoms with Crippen LogP contribution in [-0.4, -0.2) is 15.8 Å². The zero-order valence-electron chi connectivity index (χ0n) is 10.4. The minimum absolute atomic E-state index is 0.418. The highest BCUT2D eigenvalue weighted by atomic mass is 79.9. The second kappa shape index (κ2) is 5.95. The summed E-state index contributed by atoms with van der Waals surface area (Å²) in [6, 6.07) is 0. The number of alkyl halides is 1. The van der Waals surface area contributed by atoms with Crippen molar-refractivity contribution in [1.82, 2.24) is 0 Å². The Morgan fingerprint density at radius 2 is 1.60 bits per heavy atom. The average molecular weight is 293 g/mol. The Morgan fingerprint density at radius 1 is 1.07 bits per heavy atom. The summed E-state index contributed by atoms with van der Waals surface area (Å²) >= 11 is 5.90. The quantitative estimate of drug-likeness (QED) is 0.505. The van der Waals surface area contributed by atoms with E-state index < -0.39 is 0 Å². The number of halogens is 1. The Hall–Kier alpha value is 0.830. The minimum Gasteiger partial charge on any atom is -0.155 e. The van der Waals surface area contributed by atoms with Crippen molar-refractivity contribution in [3.05, 3.63) is 0 Å². The molecule has 0 bridgehead atoms. The lowest BCUT2D eigenvalue weighted by Gasteiger charge is -2.33. The number of rotatable bonds is 3. The van der Waals surface area contributed by atoms with Crippen LogP contribution in [0.3, 0.4) is 0 Å². The molecule has 0 atom stereocenters. The summed E-state index contributed by atoms with van der Waals surface area (Å²) < 4.78 is 0.418. The van der Waals surface area contributed by atoms with Gasteiger partial charge in [0.15, 0.2) is 0 Å². The van der Waals surface area contributed by atoms with Crippen molar-refractivity contribution in [3.63, 3.8) is 0 Å². The molecule has 1 fully saturated rings. The van der Waals surface area contributed by atoms with Gasteiger partial charge in [0.2, 0.25) is 0 Å². The Bertz CT molecular complexity index is 175. The van der Waals surface area contributed by atoms with Gasteiger partial charge in [0, 0.05) is 15.8 Å². The second-order valence-corrected chi connectivity index (χ2v) is 8.31. The van der Waals surface area contributed by atoms with E-state index in [1.54, 1.807) is 0 Å². The highest BCUT2D eigenvalue weighted by molar-refractivity contribution is 9.09. The van der Waals surface area contributed by atoms with Crippen LogP contribution in [0, 0.1) is 5.41 Å². The van der Waals surface area contributed by atoms with Gasteiger partial charge in [-0.15, -0.1) is 0 Å². The van der Waals surface area contributed by atoms with Crippen LogP contribution in [-0.2, 0) is 0 Å². The van der Waals surface area contributed by atoms with E-state index in [0.717, 1.165) is 0 Å². The van der Waals surface area contributed by atoms with Crippen LogP contribution >= 0.6 is 27.7 Å². The fourth-order valence-electron chi connectivity index (χ4n) is 2.16. The van der Waals surface area contributed by atoms with Crippen molar-refractivity contribution in [2.45, 2.75) is 64.0 Å². The fourth-order valence-corrected chi connectivity index (χ4v) is 4.32. The molecular weight excluding hydrogens is 268 g/mol. The lowest BCUT2D eigenvalue weighted by atomic mass is 9.85. The second-order valence-electron chi connectivity index (χ2n) is 5.95. The fraction of sp³-hybridized carbons (Fsp3) is 1.00. The topological polar surface area (TPSA) is 0 Å². The molecule has 90 valence electrons. The molecule has 0 nitrogen and oxygen atoms in total. The molecular formula is C13H25BrS. The largest absolute Gasteiger partial charge is 0.155 e. The number of hydrogen-bond acceptors (Lipinski definition) is 1. The predicted octanol–water partition coefficient (Wildman–Crippen LogP) is 5.25. The maximum absolute atomic E-state index is 3.76. The van der Waals surface area contributed by atoms with Gasteiger partial charge in [0.05, 0.1) is 0 Å². The smallest absolute Gasteiger partial charge is 0.00958 e. The zero-order chi connectivity index (χ0) is 11.4. The summed E-state index contributed by atoms with van der Waals surface area (Å²) in [7, 11) is 0. The van der Waals surface area contributed by atoms with Crippen LogP contribution in [0.1, 0.15) is 59.3 Å². The molecule has 0 heterocycles. The van der Waals surface area contributed by atoms with E-state index >= 15 is 0 Å². The molecule has 15 heavy (non-hydrogen) atoms. The molecule has 1 saturated carbocycles. The molecule has 1 rings (SSSR count). The van der Waals surface area contributed by atoms with Crippen LogP contribution in [0.2, 0.25) is 0 Å². The Balaban J connectivity index is 2.50. The van der Waals surface area contributed by atoms with Crippen LogP contribution in [0.25, 0.3) is 0 Å². The van der Waals surface area contributed by atoms with Gasteiger partial charge in [-0.05, 0) is 18.3 Å². The first-order valence-electron chi connectivity index (χ1n) is 6.17.